The van der Waals surface area contributed by atoms with Gasteiger partial charge in [0.15, 0.2) is 0 Å². The van der Waals surface area contributed by atoms with Crippen LogP contribution in [-0.2, 0) is 22.5 Å². The fraction of sp³-hybridized carbons (Fsp3) is 0.286. The summed E-state index contributed by atoms with van der Waals surface area (Å²) in [5.41, 5.74) is 5.77. The number of aryl methyl sites for hydroxylation is 2. The van der Waals surface area contributed by atoms with Crippen LogP contribution in [0.15, 0.2) is 41.2 Å². The maximum atomic E-state index is 12.4. The first-order valence-corrected chi connectivity index (χ1v) is 10.4. The maximum absolute atomic E-state index is 12.4. The Hall–Kier alpha value is -2.22. The summed E-state index contributed by atoms with van der Waals surface area (Å²) in [5, 5.41) is 1.11. The lowest BCUT2D eigenvalue weighted by molar-refractivity contribution is -0.140. The summed E-state index contributed by atoms with van der Waals surface area (Å²) in [6.07, 6.45) is 1.59. The molecule has 1 aliphatic rings. The second-order valence-corrected chi connectivity index (χ2v) is 7.49. The minimum Gasteiger partial charge on any atom is -0.465 e. The molecule has 6 heteroatoms. The third kappa shape index (κ3) is 3.38. The van der Waals surface area contributed by atoms with Crippen LogP contribution in [-0.4, -0.2) is 26.6 Å². The van der Waals surface area contributed by atoms with Gasteiger partial charge < -0.3 is 9.30 Å². The molecule has 27 heavy (non-hydrogen) atoms. The van der Waals surface area contributed by atoms with Crippen molar-refractivity contribution in [3.63, 3.8) is 0 Å². The van der Waals surface area contributed by atoms with Crippen LogP contribution in [0.25, 0.3) is 22.3 Å². The van der Waals surface area contributed by atoms with Gasteiger partial charge in [-0.3, -0.25) is 9.59 Å². The number of esters is 1. The molecular formula is C21H19IN2O3. The molecule has 3 heterocycles. The molecule has 138 valence electrons. The predicted octanol–water partition coefficient (Wildman–Crippen LogP) is 3.64. The van der Waals surface area contributed by atoms with Gasteiger partial charge >= 0.3 is 5.97 Å². The molecule has 0 N–H and O–H groups in total. The molecule has 0 amide bonds. The Balaban J connectivity index is 1.65. The highest BCUT2D eigenvalue weighted by molar-refractivity contribution is 14.1. The Morgan fingerprint density at radius 1 is 1.30 bits per heavy atom. The van der Waals surface area contributed by atoms with Crippen molar-refractivity contribution in [1.29, 1.82) is 0 Å². The smallest absolute Gasteiger partial charge is 0.315 e. The molecule has 0 unspecified atom stereocenters. The van der Waals surface area contributed by atoms with E-state index in [2.05, 4.69) is 12.1 Å². The summed E-state index contributed by atoms with van der Waals surface area (Å²) in [6.45, 7) is 2.83. The molecule has 1 aromatic carbocycles. The molecule has 2 aromatic heterocycles. The number of hydrogen-bond donors (Lipinski definition) is 0. The van der Waals surface area contributed by atoms with Crippen LogP contribution in [0.3, 0.4) is 0 Å². The van der Waals surface area contributed by atoms with Crippen LogP contribution in [0, 0.1) is 6.92 Å². The monoisotopic (exact) mass is 474 g/mol. The van der Waals surface area contributed by atoms with Gasteiger partial charge in [-0.25, -0.2) is 4.98 Å². The molecule has 3 aromatic rings. The van der Waals surface area contributed by atoms with Crippen LogP contribution < -0.4 is 5.56 Å². The number of rotatable bonds is 5. The third-order valence-corrected chi connectivity index (χ3v) is 5.55. The van der Waals surface area contributed by atoms with Gasteiger partial charge in [0.1, 0.15) is 0 Å². The number of carbonyl (C=O) groups is 1. The topological polar surface area (TPSA) is 61.2 Å². The van der Waals surface area contributed by atoms with E-state index in [0.717, 1.165) is 46.3 Å². The number of carbonyl (C=O) groups excluding carboxylic acids is 1. The van der Waals surface area contributed by atoms with Crippen molar-refractivity contribution in [2.24, 2.45) is 0 Å². The van der Waals surface area contributed by atoms with E-state index in [4.69, 9.17) is 9.72 Å². The number of aromatic nitrogens is 2. The van der Waals surface area contributed by atoms with Gasteiger partial charge in [0, 0.05) is 16.5 Å². The van der Waals surface area contributed by atoms with Gasteiger partial charge in [0.25, 0.3) is 5.56 Å². The summed E-state index contributed by atoms with van der Waals surface area (Å²) in [4.78, 5) is 28.5. The van der Waals surface area contributed by atoms with E-state index in [1.165, 1.54) is 5.56 Å². The van der Waals surface area contributed by atoms with E-state index < -0.39 is 0 Å². The molecule has 4 rings (SSSR count). The van der Waals surface area contributed by atoms with Gasteiger partial charge in [-0.2, -0.15) is 0 Å². The second kappa shape index (κ2) is 7.42. The Labute approximate surface area is 170 Å². The minimum absolute atomic E-state index is 0.0480. The quantitative estimate of drug-likeness (QED) is 0.192. The summed E-state index contributed by atoms with van der Waals surface area (Å²) in [6, 6.07) is 12.1. The molecule has 5 nitrogen and oxygen atoms in total. The zero-order valence-corrected chi connectivity index (χ0v) is 17.2. The lowest BCUT2D eigenvalue weighted by atomic mass is 10.0. The van der Waals surface area contributed by atoms with Crippen molar-refractivity contribution in [3.8, 4) is 11.4 Å². The molecule has 0 saturated carbocycles. The van der Waals surface area contributed by atoms with Gasteiger partial charge in [-0.15, -0.1) is 0 Å². The normalized spacial score (nSPS) is 12.1. The number of ether oxygens (including phenoxy) is 1. The highest BCUT2D eigenvalue weighted by Gasteiger charge is 2.22. The summed E-state index contributed by atoms with van der Waals surface area (Å²) in [5.74, 6) is -0.175. The number of hydrogen-bond acceptors (Lipinski definition) is 4. The van der Waals surface area contributed by atoms with Gasteiger partial charge in [0.2, 0.25) is 0 Å². The van der Waals surface area contributed by atoms with E-state index in [-0.39, 0.29) is 11.5 Å². The lowest BCUT2D eigenvalue weighted by Gasteiger charge is -2.09. The number of alkyl halides is 1. The molecule has 0 spiro atoms. The van der Waals surface area contributed by atoms with Crippen LogP contribution in [0.5, 0.6) is 0 Å². The Bertz CT molecular complexity index is 1100. The van der Waals surface area contributed by atoms with Crippen molar-refractivity contribution < 1.29 is 9.53 Å². The Kier molecular flexibility index (Phi) is 4.99. The van der Waals surface area contributed by atoms with E-state index in [1.54, 1.807) is 4.57 Å². The molecule has 1 aliphatic heterocycles. The zero-order valence-electron chi connectivity index (χ0n) is 15.0. The first kappa shape index (κ1) is 18.2. The number of benzene rings is 1. The standard InChI is InChI=1S/C21H19IN2O3/c1-13-7-8-18-20-15(12-24(18)21(13)26)10-16-14(4-2-6-17(16)23-20)5-3-9-27-19(25)11-22/h2,4,6-8,10H,3,5,9,11-12H2,1H3. The highest BCUT2D eigenvalue weighted by Crippen LogP contribution is 2.32. The molecule has 0 atom stereocenters. The van der Waals surface area contributed by atoms with Gasteiger partial charge in [-0.05, 0) is 43.5 Å². The van der Waals surface area contributed by atoms with E-state index in [0.29, 0.717) is 17.6 Å². The molecule has 0 fully saturated rings. The summed E-state index contributed by atoms with van der Waals surface area (Å²) in [7, 11) is 0. The van der Waals surface area contributed by atoms with Gasteiger partial charge in [0.05, 0.1) is 34.5 Å². The Morgan fingerprint density at radius 3 is 2.96 bits per heavy atom. The van der Waals surface area contributed by atoms with Crippen LogP contribution in [0.4, 0.5) is 0 Å². The number of pyridine rings is 2. The Morgan fingerprint density at radius 2 is 2.15 bits per heavy atom. The van der Waals surface area contributed by atoms with Crippen LogP contribution >= 0.6 is 22.6 Å². The van der Waals surface area contributed by atoms with Crippen molar-refractivity contribution >= 4 is 39.5 Å². The van der Waals surface area contributed by atoms with E-state index in [9.17, 15) is 9.59 Å². The maximum Gasteiger partial charge on any atom is 0.315 e. The number of halogens is 1. The second-order valence-electron chi connectivity index (χ2n) is 6.73. The predicted molar refractivity (Wildman–Crippen MR) is 113 cm³/mol. The van der Waals surface area contributed by atoms with Crippen LogP contribution in [0.1, 0.15) is 23.1 Å². The summed E-state index contributed by atoms with van der Waals surface area (Å²) >= 11 is 2.00. The molecule has 0 bridgehead atoms. The van der Waals surface area contributed by atoms with Crippen LogP contribution in [0.2, 0.25) is 0 Å². The highest BCUT2D eigenvalue weighted by atomic mass is 127. The number of fused-ring (bicyclic) bond motifs is 4. The average molecular weight is 474 g/mol. The average Bonchev–Trinajstić information content (AvgIpc) is 3.04. The van der Waals surface area contributed by atoms with Crippen molar-refractivity contribution in [2.45, 2.75) is 26.3 Å². The molecule has 0 radical (unpaired) electrons. The first-order chi connectivity index (χ1) is 13.1. The lowest BCUT2D eigenvalue weighted by Crippen LogP contribution is -2.20. The van der Waals surface area contributed by atoms with Gasteiger partial charge in [-0.1, -0.05) is 40.8 Å². The van der Waals surface area contributed by atoms with Crippen molar-refractivity contribution in [1.82, 2.24) is 9.55 Å². The largest absolute Gasteiger partial charge is 0.465 e. The zero-order chi connectivity index (χ0) is 19.0. The molecule has 0 saturated heterocycles. The fourth-order valence-electron chi connectivity index (χ4n) is 3.57. The number of nitrogens with zero attached hydrogens (tertiary/aromatic N) is 2. The SMILES string of the molecule is Cc1ccc2n(c1=O)Cc1cc3c(CCCOC(=O)CI)cccc3nc1-2. The van der Waals surface area contributed by atoms with E-state index in [1.807, 2.05) is 53.8 Å². The molecule has 0 aliphatic carbocycles. The van der Waals surface area contributed by atoms with Crippen molar-refractivity contribution in [2.75, 3.05) is 11.0 Å². The molecular weight excluding hydrogens is 455 g/mol. The fourth-order valence-corrected chi connectivity index (χ4v) is 3.79. The summed E-state index contributed by atoms with van der Waals surface area (Å²) < 4.78 is 7.34. The van der Waals surface area contributed by atoms with E-state index >= 15 is 0 Å². The minimum atomic E-state index is -0.175. The first-order valence-electron chi connectivity index (χ1n) is 8.92. The van der Waals surface area contributed by atoms with Crippen molar-refractivity contribution in [3.05, 3.63) is 63.4 Å². The third-order valence-electron chi connectivity index (χ3n) is 4.93.